The summed E-state index contributed by atoms with van der Waals surface area (Å²) in [4.78, 5) is 9.75. The lowest BCUT2D eigenvalue weighted by atomic mass is 10.3. The molecule has 0 radical (unpaired) electrons. The number of hydrogen-bond donors (Lipinski definition) is 1. The highest BCUT2D eigenvalue weighted by Gasteiger charge is 2.06. The molecule has 0 fully saturated rings. The lowest BCUT2D eigenvalue weighted by Crippen LogP contribution is -2.18. The normalized spacial score (nSPS) is 10.6. The molecule has 5 nitrogen and oxygen atoms in total. The summed E-state index contributed by atoms with van der Waals surface area (Å²) < 4.78 is 10.3. The summed E-state index contributed by atoms with van der Waals surface area (Å²) in [6, 6.07) is 7.83. The first-order valence-electron chi connectivity index (χ1n) is 6.65. The molecule has 0 aliphatic heterocycles. The molecule has 0 atom stereocenters. The van der Waals surface area contributed by atoms with E-state index in [9.17, 15) is 0 Å². The Bertz CT molecular complexity index is 549. The molecular weight excluding hydrogens is 286 g/mol. The minimum Gasteiger partial charge on any atom is -0.496 e. The number of rotatable bonds is 8. The summed E-state index contributed by atoms with van der Waals surface area (Å²) in [5.41, 5.74) is 1.05. The highest BCUT2D eigenvalue weighted by atomic mass is 32.2. The Hall–Kier alpha value is -1.63. The standard InChI is InChI=1S/C15H19N3O2S/c1-19-8-7-16-9-12-10-17-15(18-11-12)21-14-6-4-3-5-13(14)20-2/h3-6,10-11,16H,7-9H2,1-2H3. The maximum absolute atomic E-state index is 5.32. The first-order chi connectivity index (χ1) is 10.3. The van der Waals surface area contributed by atoms with Gasteiger partial charge in [0.15, 0.2) is 5.16 Å². The molecule has 6 heteroatoms. The Labute approximate surface area is 129 Å². The molecule has 112 valence electrons. The van der Waals surface area contributed by atoms with Crippen molar-refractivity contribution in [1.82, 2.24) is 15.3 Å². The van der Waals surface area contributed by atoms with Crippen molar-refractivity contribution in [1.29, 1.82) is 0 Å². The van der Waals surface area contributed by atoms with Crippen LogP contribution in [-0.2, 0) is 11.3 Å². The summed E-state index contributed by atoms with van der Waals surface area (Å²) in [6.07, 6.45) is 3.68. The van der Waals surface area contributed by atoms with Gasteiger partial charge in [0.1, 0.15) is 5.75 Å². The maximum atomic E-state index is 5.32. The van der Waals surface area contributed by atoms with Gasteiger partial charge in [-0.2, -0.15) is 0 Å². The Balaban J connectivity index is 1.93. The fourth-order valence-corrected chi connectivity index (χ4v) is 2.50. The van der Waals surface area contributed by atoms with Gasteiger partial charge >= 0.3 is 0 Å². The van der Waals surface area contributed by atoms with Crippen LogP contribution in [0.5, 0.6) is 5.75 Å². The molecule has 2 aromatic rings. The third kappa shape index (κ3) is 5.00. The molecule has 2 rings (SSSR count). The number of nitrogens with one attached hydrogen (secondary N) is 1. The van der Waals surface area contributed by atoms with Crippen molar-refractivity contribution in [3.05, 3.63) is 42.2 Å². The Morgan fingerprint density at radius 1 is 1.14 bits per heavy atom. The number of methoxy groups -OCH3 is 2. The zero-order chi connectivity index (χ0) is 14.9. The van der Waals surface area contributed by atoms with Gasteiger partial charge in [-0.3, -0.25) is 0 Å². The van der Waals surface area contributed by atoms with Crippen LogP contribution in [0.25, 0.3) is 0 Å². The molecule has 0 aliphatic carbocycles. The number of aromatic nitrogens is 2. The lowest BCUT2D eigenvalue weighted by molar-refractivity contribution is 0.199. The Morgan fingerprint density at radius 3 is 2.62 bits per heavy atom. The number of hydrogen-bond acceptors (Lipinski definition) is 6. The van der Waals surface area contributed by atoms with Crippen LogP contribution in [0.4, 0.5) is 0 Å². The van der Waals surface area contributed by atoms with Crippen LogP contribution in [0.1, 0.15) is 5.56 Å². The van der Waals surface area contributed by atoms with Crippen LogP contribution in [-0.4, -0.2) is 37.3 Å². The first-order valence-corrected chi connectivity index (χ1v) is 7.46. The SMILES string of the molecule is COCCNCc1cnc(Sc2ccccc2OC)nc1. The van der Waals surface area contributed by atoms with E-state index in [1.165, 1.54) is 11.8 Å². The summed E-state index contributed by atoms with van der Waals surface area (Å²) in [7, 11) is 3.35. The highest BCUT2D eigenvalue weighted by Crippen LogP contribution is 2.32. The average Bonchev–Trinajstić information content (AvgIpc) is 2.54. The smallest absolute Gasteiger partial charge is 0.192 e. The maximum Gasteiger partial charge on any atom is 0.192 e. The topological polar surface area (TPSA) is 56.3 Å². The predicted molar refractivity (Wildman–Crippen MR) is 82.7 cm³/mol. The van der Waals surface area contributed by atoms with E-state index in [-0.39, 0.29) is 0 Å². The van der Waals surface area contributed by atoms with Crippen LogP contribution in [0, 0.1) is 0 Å². The third-order valence-corrected chi connectivity index (χ3v) is 3.71. The molecule has 0 aliphatic rings. The molecule has 1 heterocycles. The third-order valence-electron chi connectivity index (χ3n) is 2.76. The van der Waals surface area contributed by atoms with Gasteiger partial charge in [-0.05, 0) is 23.9 Å². The fourth-order valence-electron chi connectivity index (χ4n) is 1.70. The van der Waals surface area contributed by atoms with Crippen LogP contribution in [0.15, 0.2) is 46.7 Å². The van der Waals surface area contributed by atoms with Crippen LogP contribution in [0.2, 0.25) is 0 Å². The van der Waals surface area contributed by atoms with Crippen molar-refractivity contribution in [2.24, 2.45) is 0 Å². The van der Waals surface area contributed by atoms with Crippen molar-refractivity contribution in [2.75, 3.05) is 27.4 Å². The molecule has 0 unspecified atom stereocenters. The monoisotopic (exact) mass is 305 g/mol. The molecule has 1 N–H and O–H groups in total. The number of ether oxygens (including phenoxy) is 2. The van der Waals surface area contributed by atoms with E-state index in [1.807, 2.05) is 36.7 Å². The highest BCUT2D eigenvalue weighted by molar-refractivity contribution is 7.99. The molecule has 1 aromatic carbocycles. The van der Waals surface area contributed by atoms with E-state index in [0.29, 0.717) is 11.8 Å². The molecule has 0 saturated heterocycles. The molecule has 0 spiro atoms. The van der Waals surface area contributed by atoms with Gasteiger partial charge in [0, 0.05) is 38.2 Å². The Kier molecular flexibility index (Phi) is 6.46. The molecule has 1 aromatic heterocycles. The molecule has 0 saturated carbocycles. The molecule has 21 heavy (non-hydrogen) atoms. The number of benzene rings is 1. The molecular formula is C15H19N3O2S. The number of nitrogens with zero attached hydrogens (tertiary/aromatic N) is 2. The number of para-hydroxylation sites is 1. The van der Waals surface area contributed by atoms with Crippen molar-refractivity contribution < 1.29 is 9.47 Å². The minimum absolute atomic E-state index is 0.697. The summed E-state index contributed by atoms with van der Waals surface area (Å²) >= 11 is 1.49. The second-order valence-corrected chi connectivity index (χ2v) is 5.31. The lowest BCUT2D eigenvalue weighted by Gasteiger charge is -2.07. The van der Waals surface area contributed by atoms with Crippen molar-refractivity contribution in [3.63, 3.8) is 0 Å². The summed E-state index contributed by atoms with van der Waals surface area (Å²) in [5, 5.41) is 3.97. The van der Waals surface area contributed by atoms with E-state index in [2.05, 4.69) is 15.3 Å². The zero-order valence-corrected chi connectivity index (χ0v) is 13.0. The van der Waals surface area contributed by atoms with E-state index >= 15 is 0 Å². The van der Waals surface area contributed by atoms with E-state index in [0.717, 1.165) is 29.3 Å². The Morgan fingerprint density at radius 2 is 1.90 bits per heavy atom. The fraction of sp³-hybridized carbons (Fsp3) is 0.333. The van der Waals surface area contributed by atoms with Gasteiger partial charge in [0.05, 0.1) is 18.6 Å². The quantitative estimate of drug-likeness (QED) is 0.597. The van der Waals surface area contributed by atoms with Gasteiger partial charge in [0.25, 0.3) is 0 Å². The van der Waals surface area contributed by atoms with Crippen molar-refractivity contribution in [2.45, 2.75) is 16.6 Å². The van der Waals surface area contributed by atoms with E-state index in [1.54, 1.807) is 14.2 Å². The largest absolute Gasteiger partial charge is 0.496 e. The van der Waals surface area contributed by atoms with E-state index < -0.39 is 0 Å². The second kappa shape index (κ2) is 8.61. The van der Waals surface area contributed by atoms with Gasteiger partial charge in [-0.15, -0.1) is 0 Å². The van der Waals surface area contributed by atoms with Gasteiger partial charge < -0.3 is 14.8 Å². The average molecular weight is 305 g/mol. The van der Waals surface area contributed by atoms with Crippen LogP contribution < -0.4 is 10.1 Å². The zero-order valence-electron chi connectivity index (χ0n) is 12.2. The predicted octanol–water partition coefficient (Wildman–Crippen LogP) is 2.37. The molecule has 0 bridgehead atoms. The first kappa shape index (κ1) is 15.8. The van der Waals surface area contributed by atoms with E-state index in [4.69, 9.17) is 9.47 Å². The van der Waals surface area contributed by atoms with Gasteiger partial charge in [-0.25, -0.2) is 9.97 Å². The minimum atomic E-state index is 0.697. The van der Waals surface area contributed by atoms with Crippen molar-refractivity contribution >= 4 is 11.8 Å². The summed E-state index contributed by atoms with van der Waals surface area (Å²) in [5.74, 6) is 0.830. The van der Waals surface area contributed by atoms with Crippen LogP contribution in [0.3, 0.4) is 0 Å². The summed E-state index contributed by atoms with van der Waals surface area (Å²) in [6.45, 7) is 2.25. The van der Waals surface area contributed by atoms with Crippen LogP contribution >= 0.6 is 11.8 Å². The van der Waals surface area contributed by atoms with Gasteiger partial charge in [-0.1, -0.05) is 12.1 Å². The van der Waals surface area contributed by atoms with Crippen molar-refractivity contribution in [3.8, 4) is 5.75 Å². The second-order valence-electron chi connectivity index (χ2n) is 4.30. The van der Waals surface area contributed by atoms with Gasteiger partial charge in [0.2, 0.25) is 0 Å². The molecule has 0 amide bonds.